The lowest BCUT2D eigenvalue weighted by atomic mass is 9.57. The van der Waals surface area contributed by atoms with E-state index in [-0.39, 0.29) is 17.2 Å². The van der Waals surface area contributed by atoms with E-state index in [1.165, 1.54) is 50.5 Å². The highest BCUT2D eigenvalue weighted by Gasteiger charge is 2.58. The smallest absolute Gasteiger partial charge is 0.115 e. The summed E-state index contributed by atoms with van der Waals surface area (Å²) in [5.74, 6) is 3.75. The van der Waals surface area contributed by atoms with E-state index in [0.717, 1.165) is 24.7 Å². The van der Waals surface area contributed by atoms with Gasteiger partial charge in [-0.1, -0.05) is 38.8 Å². The zero-order valence-electron chi connectivity index (χ0n) is 19.6. The molecule has 3 N–H and O–H groups in total. The predicted octanol–water partition coefficient (Wildman–Crippen LogP) is 6.08. The number of nitrogens with two attached hydrogens (primary N) is 1. The van der Waals surface area contributed by atoms with E-state index in [1.54, 1.807) is 0 Å². The number of aromatic hydroxyl groups is 1. The first-order valence-electron chi connectivity index (χ1n) is 12.4. The van der Waals surface area contributed by atoms with Crippen LogP contribution < -0.4 is 5.73 Å². The van der Waals surface area contributed by atoms with Crippen LogP contribution in [0.25, 0.3) is 0 Å². The van der Waals surface area contributed by atoms with Crippen LogP contribution in [-0.4, -0.2) is 22.4 Å². The van der Waals surface area contributed by atoms with Crippen molar-refractivity contribution in [2.45, 2.75) is 103 Å². The molecule has 2 saturated carbocycles. The molecule has 1 aromatic rings. The molecule has 3 heteroatoms. The number of hydrogen-bond acceptors (Lipinski definition) is 3. The molecule has 2 aliphatic carbocycles. The van der Waals surface area contributed by atoms with Gasteiger partial charge in [0.2, 0.25) is 0 Å². The van der Waals surface area contributed by atoms with Crippen LogP contribution in [0.2, 0.25) is 0 Å². The summed E-state index contributed by atoms with van der Waals surface area (Å²) in [5, 5.41) is 9.65. The van der Waals surface area contributed by atoms with E-state index >= 15 is 0 Å². The van der Waals surface area contributed by atoms with Gasteiger partial charge in [-0.3, -0.25) is 0 Å². The van der Waals surface area contributed by atoms with Gasteiger partial charge in [0.25, 0.3) is 0 Å². The van der Waals surface area contributed by atoms with E-state index < -0.39 is 0 Å². The average molecular weight is 414 g/mol. The van der Waals surface area contributed by atoms with Crippen LogP contribution in [-0.2, 0) is 11.2 Å². The molecule has 0 aromatic heterocycles. The molecule has 6 atom stereocenters. The van der Waals surface area contributed by atoms with E-state index in [0.29, 0.717) is 23.5 Å². The molecule has 6 unspecified atom stereocenters. The normalized spacial score (nSPS) is 38.1. The largest absolute Gasteiger partial charge is 0.508 e. The molecule has 2 heterocycles. The quantitative estimate of drug-likeness (QED) is 0.594. The van der Waals surface area contributed by atoms with Gasteiger partial charge in [-0.25, -0.2) is 0 Å². The van der Waals surface area contributed by atoms with Gasteiger partial charge in [0.15, 0.2) is 0 Å². The summed E-state index contributed by atoms with van der Waals surface area (Å²) in [6, 6.07) is 8.15. The molecule has 4 fully saturated rings. The van der Waals surface area contributed by atoms with Gasteiger partial charge in [-0.2, -0.15) is 0 Å². The molecule has 2 aliphatic heterocycles. The van der Waals surface area contributed by atoms with Crippen molar-refractivity contribution in [2.24, 2.45) is 35.3 Å². The third-order valence-electron chi connectivity index (χ3n) is 8.60. The summed E-state index contributed by atoms with van der Waals surface area (Å²) in [6.07, 6.45) is 11.2. The second kappa shape index (κ2) is 8.47. The first-order chi connectivity index (χ1) is 14.2. The van der Waals surface area contributed by atoms with Gasteiger partial charge in [0.05, 0.1) is 11.2 Å². The third kappa shape index (κ3) is 4.58. The summed E-state index contributed by atoms with van der Waals surface area (Å²) < 4.78 is 6.95. The van der Waals surface area contributed by atoms with Crippen LogP contribution in [0.1, 0.15) is 84.6 Å². The lowest BCUT2D eigenvalue weighted by molar-refractivity contribution is -0.270. The van der Waals surface area contributed by atoms with Gasteiger partial charge in [0, 0.05) is 12.0 Å². The maximum atomic E-state index is 9.65. The average Bonchev–Trinajstić information content (AvgIpc) is 2.67. The van der Waals surface area contributed by atoms with Crippen molar-refractivity contribution in [3.8, 4) is 5.75 Å². The minimum Gasteiger partial charge on any atom is -0.508 e. The van der Waals surface area contributed by atoms with Gasteiger partial charge in [0.1, 0.15) is 5.75 Å². The van der Waals surface area contributed by atoms with E-state index in [1.807, 2.05) is 12.1 Å². The highest BCUT2D eigenvalue weighted by Crippen LogP contribution is 2.56. The molecular weight excluding hydrogens is 370 g/mol. The molecule has 5 rings (SSSR count). The minimum absolute atomic E-state index is 0.0125. The van der Waals surface area contributed by atoms with Crippen LogP contribution in [0.3, 0.4) is 0 Å². The SMILES string of the molecule is CC(C)CCC1CC(Cc2ccc(O)cc2)CC(C23CCC(C(N)C2)C(C)(C)O3)C1. The maximum Gasteiger partial charge on any atom is 0.115 e. The number of phenolic OH excluding ortho intramolecular Hbond substituents is 1. The fourth-order valence-electron chi connectivity index (χ4n) is 7.20. The highest BCUT2D eigenvalue weighted by atomic mass is 16.5. The summed E-state index contributed by atoms with van der Waals surface area (Å²) >= 11 is 0. The van der Waals surface area contributed by atoms with Crippen LogP contribution in [0.5, 0.6) is 5.75 Å². The molecule has 4 aliphatic rings. The maximum absolute atomic E-state index is 9.65. The zero-order chi connectivity index (χ0) is 21.5. The highest BCUT2D eigenvalue weighted by molar-refractivity contribution is 5.26. The van der Waals surface area contributed by atoms with Crippen molar-refractivity contribution >= 4 is 0 Å². The van der Waals surface area contributed by atoms with Crippen molar-refractivity contribution in [1.82, 2.24) is 0 Å². The molecule has 3 nitrogen and oxygen atoms in total. The number of fused-ring (bicyclic) bond motifs is 3. The summed E-state index contributed by atoms with van der Waals surface area (Å²) in [6.45, 7) is 9.25. The van der Waals surface area contributed by atoms with E-state index in [2.05, 4.69) is 39.8 Å². The molecular formula is C27H43NO2. The van der Waals surface area contributed by atoms with Crippen molar-refractivity contribution < 1.29 is 9.84 Å². The number of benzene rings is 1. The number of ether oxygens (including phenoxy) is 1. The fraction of sp³-hybridized carbons (Fsp3) is 0.778. The Hall–Kier alpha value is -1.06. The first-order valence-corrected chi connectivity index (χ1v) is 12.4. The third-order valence-corrected chi connectivity index (χ3v) is 8.60. The molecule has 2 saturated heterocycles. The van der Waals surface area contributed by atoms with Crippen molar-refractivity contribution in [3.63, 3.8) is 0 Å². The Balaban J connectivity index is 1.54. The number of rotatable bonds is 6. The van der Waals surface area contributed by atoms with Gasteiger partial charge >= 0.3 is 0 Å². The van der Waals surface area contributed by atoms with Crippen LogP contribution in [0.4, 0.5) is 0 Å². The minimum atomic E-state index is -0.0900. The molecule has 2 bridgehead atoms. The summed E-state index contributed by atoms with van der Waals surface area (Å²) in [7, 11) is 0. The number of phenols is 1. The lowest BCUT2D eigenvalue weighted by Gasteiger charge is -2.61. The Labute approximate surface area is 183 Å². The van der Waals surface area contributed by atoms with Crippen molar-refractivity contribution in [3.05, 3.63) is 29.8 Å². The van der Waals surface area contributed by atoms with Gasteiger partial charge < -0.3 is 15.6 Å². The molecule has 168 valence electrons. The number of hydrogen-bond donors (Lipinski definition) is 2. The Morgan fingerprint density at radius 1 is 1.10 bits per heavy atom. The molecule has 0 radical (unpaired) electrons. The predicted molar refractivity (Wildman–Crippen MR) is 123 cm³/mol. The van der Waals surface area contributed by atoms with Crippen LogP contribution in [0.15, 0.2) is 24.3 Å². The standard InChI is InChI=1S/C27H43NO2/c1-18(2)5-6-20-14-21(13-19-7-9-23(29)10-8-19)16-22(15-20)27-12-11-24(25(28)17-27)26(3,4)30-27/h7-10,18,20-22,24-25,29H,5-6,11-17,28H2,1-4H3. The van der Waals surface area contributed by atoms with Crippen molar-refractivity contribution in [2.75, 3.05) is 0 Å². The molecule has 0 amide bonds. The summed E-state index contributed by atoms with van der Waals surface area (Å²) in [5.41, 5.74) is 7.94. The zero-order valence-corrected chi connectivity index (χ0v) is 19.6. The topological polar surface area (TPSA) is 55.5 Å². The summed E-state index contributed by atoms with van der Waals surface area (Å²) in [4.78, 5) is 0. The second-order valence-electron chi connectivity index (χ2n) is 11.8. The Kier molecular flexibility index (Phi) is 6.25. The van der Waals surface area contributed by atoms with E-state index in [4.69, 9.17) is 10.5 Å². The Bertz CT molecular complexity index is 712. The first kappa shape index (κ1) is 22.1. The molecule has 30 heavy (non-hydrogen) atoms. The van der Waals surface area contributed by atoms with Crippen LogP contribution in [0, 0.1) is 29.6 Å². The van der Waals surface area contributed by atoms with Gasteiger partial charge in [-0.15, -0.1) is 0 Å². The monoisotopic (exact) mass is 413 g/mol. The molecule has 0 spiro atoms. The van der Waals surface area contributed by atoms with Gasteiger partial charge in [-0.05, 0) is 100 Å². The van der Waals surface area contributed by atoms with Crippen LogP contribution >= 0.6 is 0 Å². The molecule has 1 aromatic carbocycles. The Morgan fingerprint density at radius 3 is 2.43 bits per heavy atom. The fourth-order valence-corrected chi connectivity index (χ4v) is 7.20. The lowest BCUT2D eigenvalue weighted by Crippen LogP contribution is -2.66. The Morgan fingerprint density at radius 2 is 1.80 bits per heavy atom. The van der Waals surface area contributed by atoms with Crippen molar-refractivity contribution in [1.29, 1.82) is 0 Å². The second-order valence-corrected chi connectivity index (χ2v) is 11.8. The van der Waals surface area contributed by atoms with E-state index in [9.17, 15) is 5.11 Å².